The summed E-state index contributed by atoms with van der Waals surface area (Å²) in [7, 11) is 0. The molecule has 0 saturated carbocycles. The molecule has 0 radical (unpaired) electrons. The van der Waals surface area contributed by atoms with Crippen LogP contribution < -0.4 is 0 Å². The molecule has 1 N–H and O–H groups in total. The zero-order chi connectivity index (χ0) is 9.84. The summed E-state index contributed by atoms with van der Waals surface area (Å²) in [5, 5.41) is 9.06. The lowest BCUT2D eigenvalue weighted by molar-refractivity contribution is 0.0697. The number of halogens is 2. The molecular formula is C8H7Cl2NO2. The zero-order valence-corrected chi connectivity index (χ0v) is 8.09. The van der Waals surface area contributed by atoms with Crippen LogP contribution in [0.3, 0.4) is 0 Å². The first kappa shape index (κ1) is 10.2. The highest BCUT2D eigenvalue weighted by Crippen LogP contribution is 2.09. The van der Waals surface area contributed by atoms with Crippen molar-refractivity contribution < 1.29 is 9.90 Å². The Balaban J connectivity index is 2.75. The standard InChI is InChI=1S/C8H7Cl2NO2/c9-3-7(10)5-11-2-1-6(4-11)8(12)13/h1-4H,5H2,(H,12,13)/b7-3-. The number of hydrogen-bond donors (Lipinski definition) is 1. The van der Waals surface area contributed by atoms with Crippen LogP contribution in [0.1, 0.15) is 10.4 Å². The van der Waals surface area contributed by atoms with Crippen molar-refractivity contribution in [2.45, 2.75) is 6.54 Å². The van der Waals surface area contributed by atoms with Gasteiger partial charge in [0.05, 0.1) is 12.1 Å². The van der Waals surface area contributed by atoms with Crippen LogP contribution in [0.4, 0.5) is 0 Å². The summed E-state index contributed by atoms with van der Waals surface area (Å²) < 4.78 is 1.64. The number of carboxylic acids is 1. The van der Waals surface area contributed by atoms with Gasteiger partial charge in [-0.2, -0.15) is 0 Å². The van der Waals surface area contributed by atoms with Crippen LogP contribution in [0.15, 0.2) is 29.0 Å². The number of rotatable bonds is 3. The Labute approximate surface area is 85.2 Å². The van der Waals surface area contributed by atoms with Crippen molar-refractivity contribution in [3.8, 4) is 0 Å². The third kappa shape index (κ3) is 2.79. The van der Waals surface area contributed by atoms with Gasteiger partial charge < -0.3 is 9.67 Å². The minimum Gasteiger partial charge on any atom is -0.478 e. The highest BCUT2D eigenvalue weighted by atomic mass is 35.5. The molecule has 5 heteroatoms. The van der Waals surface area contributed by atoms with Crippen LogP contribution >= 0.6 is 23.2 Å². The minimum atomic E-state index is -0.954. The fourth-order valence-electron chi connectivity index (χ4n) is 0.875. The molecule has 0 unspecified atom stereocenters. The van der Waals surface area contributed by atoms with E-state index < -0.39 is 5.97 Å². The van der Waals surface area contributed by atoms with Crippen molar-refractivity contribution in [3.63, 3.8) is 0 Å². The maximum absolute atomic E-state index is 10.5. The van der Waals surface area contributed by atoms with E-state index in [0.717, 1.165) is 0 Å². The van der Waals surface area contributed by atoms with Gasteiger partial charge >= 0.3 is 5.97 Å². The summed E-state index contributed by atoms with van der Waals surface area (Å²) in [5.41, 5.74) is 1.49. The Kier molecular flexibility index (Phi) is 3.39. The van der Waals surface area contributed by atoms with E-state index in [1.165, 1.54) is 17.8 Å². The Morgan fingerprint density at radius 3 is 2.85 bits per heavy atom. The molecule has 0 aliphatic heterocycles. The number of nitrogens with zero attached hydrogens (tertiary/aromatic N) is 1. The first-order valence-electron chi connectivity index (χ1n) is 3.47. The lowest BCUT2D eigenvalue weighted by atomic mass is 10.4. The Bertz CT molecular complexity index is 344. The minimum absolute atomic E-state index is 0.235. The van der Waals surface area contributed by atoms with Crippen LogP contribution in [-0.2, 0) is 6.54 Å². The molecule has 1 heterocycles. The average Bonchev–Trinajstić information content (AvgIpc) is 2.52. The van der Waals surface area contributed by atoms with Gasteiger partial charge in [0.2, 0.25) is 0 Å². The number of aromatic nitrogens is 1. The highest BCUT2D eigenvalue weighted by molar-refractivity contribution is 6.36. The van der Waals surface area contributed by atoms with Crippen molar-refractivity contribution in [1.29, 1.82) is 0 Å². The second-order valence-corrected chi connectivity index (χ2v) is 3.14. The molecule has 0 fully saturated rings. The van der Waals surface area contributed by atoms with Gasteiger partial charge in [-0.05, 0) is 6.07 Å². The van der Waals surface area contributed by atoms with Gasteiger partial charge in [-0.3, -0.25) is 0 Å². The van der Waals surface area contributed by atoms with Crippen molar-refractivity contribution >= 4 is 29.2 Å². The summed E-state index contributed by atoms with van der Waals surface area (Å²) in [5.74, 6) is -0.954. The Morgan fingerprint density at radius 2 is 2.38 bits per heavy atom. The van der Waals surface area contributed by atoms with Crippen molar-refractivity contribution in [3.05, 3.63) is 34.6 Å². The van der Waals surface area contributed by atoms with Crippen LogP contribution in [0.2, 0.25) is 0 Å². The number of hydrogen-bond acceptors (Lipinski definition) is 1. The van der Waals surface area contributed by atoms with E-state index in [9.17, 15) is 4.79 Å². The van der Waals surface area contributed by atoms with Crippen LogP contribution in [-0.4, -0.2) is 15.6 Å². The molecule has 3 nitrogen and oxygen atoms in total. The van der Waals surface area contributed by atoms with E-state index in [1.807, 2.05) is 0 Å². The molecule has 1 rings (SSSR count). The van der Waals surface area contributed by atoms with E-state index in [0.29, 0.717) is 11.6 Å². The second-order valence-electron chi connectivity index (χ2n) is 2.43. The van der Waals surface area contributed by atoms with Crippen LogP contribution in [0.5, 0.6) is 0 Å². The van der Waals surface area contributed by atoms with Gasteiger partial charge in [-0.15, -0.1) is 0 Å². The molecule has 0 spiro atoms. The molecule has 1 aromatic heterocycles. The zero-order valence-electron chi connectivity index (χ0n) is 6.58. The van der Waals surface area contributed by atoms with E-state index in [2.05, 4.69) is 0 Å². The summed E-state index contributed by atoms with van der Waals surface area (Å²) in [6, 6.07) is 1.50. The summed E-state index contributed by atoms with van der Waals surface area (Å²) in [6.07, 6.45) is 3.12. The Morgan fingerprint density at radius 1 is 1.69 bits per heavy atom. The van der Waals surface area contributed by atoms with Gasteiger partial charge in [0.25, 0.3) is 0 Å². The molecule has 0 aliphatic rings. The van der Waals surface area contributed by atoms with E-state index in [1.54, 1.807) is 10.8 Å². The smallest absolute Gasteiger partial charge is 0.337 e. The molecular weight excluding hydrogens is 213 g/mol. The summed E-state index contributed by atoms with van der Waals surface area (Å²) in [4.78, 5) is 10.5. The monoisotopic (exact) mass is 219 g/mol. The molecule has 0 atom stereocenters. The van der Waals surface area contributed by atoms with Crippen LogP contribution in [0.25, 0.3) is 0 Å². The summed E-state index contributed by atoms with van der Waals surface area (Å²) in [6.45, 7) is 0.387. The van der Waals surface area contributed by atoms with Crippen molar-refractivity contribution in [2.75, 3.05) is 0 Å². The topological polar surface area (TPSA) is 42.2 Å². The lowest BCUT2D eigenvalue weighted by Crippen LogP contribution is -1.96. The predicted octanol–water partition coefficient (Wildman–Crippen LogP) is 2.51. The van der Waals surface area contributed by atoms with E-state index in [4.69, 9.17) is 28.3 Å². The molecule has 13 heavy (non-hydrogen) atoms. The second kappa shape index (κ2) is 4.35. The highest BCUT2D eigenvalue weighted by Gasteiger charge is 2.04. The van der Waals surface area contributed by atoms with Gasteiger partial charge in [0.15, 0.2) is 0 Å². The maximum Gasteiger partial charge on any atom is 0.337 e. The number of aromatic carboxylic acids is 1. The molecule has 0 amide bonds. The molecule has 70 valence electrons. The fraction of sp³-hybridized carbons (Fsp3) is 0.125. The SMILES string of the molecule is O=C(O)c1ccn(C/C(Cl)=C/Cl)c1. The quantitative estimate of drug-likeness (QED) is 0.850. The first-order valence-corrected chi connectivity index (χ1v) is 4.28. The molecule has 0 aliphatic carbocycles. The van der Waals surface area contributed by atoms with Crippen molar-refractivity contribution in [1.82, 2.24) is 4.57 Å². The molecule has 0 bridgehead atoms. The average molecular weight is 220 g/mol. The number of carboxylic acid groups (broad SMARTS) is 1. The van der Waals surface area contributed by atoms with E-state index in [-0.39, 0.29) is 5.56 Å². The third-order valence-electron chi connectivity index (χ3n) is 1.45. The largest absolute Gasteiger partial charge is 0.478 e. The molecule has 0 saturated heterocycles. The number of allylic oxidation sites excluding steroid dienone is 1. The first-order chi connectivity index (χ1) is 6.13. The van der Waals surface area contributed by atoms with Crippen molar-refractivity contribution in [2.24, 2.45) is 0 Å². The maximum atomic E-state index is 10.5. The fourth-order valence-corrected chi connectivity index (χ4v) is 1.08. The normalized spacial score (nSPS) is 11.7. The van der Waals surface area contributed by atoms with Gasteiger partial charge in [-0.1, -0.05) is 23.2 Å². The van der Waals surface area contributed by atoms with Gasteiger partial charge in [0, 0.05) is 23.0 Å². The third-order valence-corrected chi connectivity index (χ3v) is 2.05. The van der Waals surface area contributed by atoms with Crippen LogP contribution in [0, 0.1) is 0 Å². The Hall–Kier alpha value is -0.930. The van der Waals surface area contributed by atoms with E-state index >= 15 is 0 Å². The lowest BCUT2D eigenvalue weighted by Gasteiger charge is -1.98. The number of carbonyl (C=O) groups is 1. The van der Waals surface area contributed by atoms with Gasteiger partial charge in [-0.25, -0.2) is 4.79 Å². The predicted molar refractivity (Wildman–Crippen MR) is 51.2 cm³/mol. The van der Waals surface area contributed by atoms with Gasteiger partial charge in [0.1, 0.15) is 0 Å². The molecule has 1 aromatic rings. The summed E-state index contributed by atoms with van der Waals surface area (Å²) >= 11 is 11.0. The molecule has 0 aromatic carbocycles.